The Balaban J connectivity index is 1.72. The fourth-order valence-electron chi connectivity index (χ4n) is 2.64. The minimum Gasteiger partial charge on any atom is -0.385 e. The number of carbonyl (C=O) groups excluding carboxylic acids is 1. The van der Waals surface area contributed by atoms with E-state index in [9.17, 15) is 14.9 Å². The van der Waals surface area contributed by atoms with E-state index in [2.05, 4.69) is 10.2 Å². The number of benzene rings is 1. The van der Waals surface area contributed by atoms with Gasteiger partial charge in [-0.2, -0.15) is 0 Å². The van der Waals surface area contributed by atoms with E-state index in [0.717, 1.165) is 38.2 Å². The van der Waals surface area contributed by atoms with Crippen molar-refractivity contribution in [1.82, 2.24) is 9.80 Å². The van der Waals surface area contributed by atoms with Gasteiger partial charge < -0.3 is 10.2 Å². The van der Waals surface area contributed by atoms with Gasteiger partial charge in [-0.15, -0.1) is 0 Å². The number of nitro groups is 1. The monoisotopic (exact) mass is 320 g/mol. The van der Waals surface area contributed by atoms with Gasteiger partial charge in [0.1, 0.15) is 0 Å². The van der Waals surface area contributed by atoms with E-state index in [1.54, 1.807) is 31.1 Å². The van der Waals surface area contributed by atoms with Crippen LogP contribution in [0.15, 0.2) is 24.3 Å². The Bertz CT molecular complexity index is 537. The summed E-state index contributed by atoms with van der Waals surface area (Å²) in [4.78, 5) is 25.8. The average molecular weight is 320 g/mol. The van der Waals surface area contributed by atoms with Crippen LogP contribution in [-0.4, -0.2) is 60.9 Å². The molecule has 0 atom stereocenters. The summed E-state index contributed by atoms with van der Waals surface area (Å²) < 4.78 is 0. The van der Waals surface area contributed by atoms with Crippen molar-refractivity contribution >= 4 is 17.3 Å². The number of rotatable bonds is 6. The highest BCUT2D eigenvalue weighted by Crippen LogP contribution is 2.20. The number of anilines is 1. The van der Waals surface area contributed by atoms with E-state index < -0.39 is 4.92 Å². The molecular formula is C16H24N4O3. The Labute approximate surface area is 136 Å². The largest absolute Gasteiger partial charge is 0.385 e. The van der Waals surface area contributed by atoms with E-state index in [4.69, 9.17) is 0 Å². The molecule has 1 N–H and O–H groups in total. The second kappa shape index (κ2) is 7.92. The summed E-state index contributed by atoms with van der Waals surface area (Å²) in [6.45, 7) is 3.22. The standard InChI is InChI=1S/C16H24N4O3/c1-18(2)16(21)12-19-9-7-13(8-10-19)11-17-14-3-5-15(6-4-14)20(22)23/h3-6,13,17H,7-12H2,1-2H3. The van der Waals surface area contributed by atoms with Gasteiger partial charge in [-0.25, -0.2) is 0 Å². The van der Waals surface area contributed by atoms with Gasteiger partial charge >= 0.3 is 0 Å². The maximum absolute atomic E-state index is 11.7. The topological polar surface area (TPSA) is 78.7 Å². The predicted molar refractivity (Wildman–Crippen MR) is 89.4 cm³/mol. The molecule has 0 aliphatic carbocycles. The van der Waals surface area contributed by atoms with Crippen molar-refractivity contribution in [2.24, 2.45) is 5.92 Å². The molecule has 1 heterocycles. The number of likely N-dealkylation sites (N-methyl/N-ethyl adjacent to an activating group) is 1. The molecule has 0 bridgehead atoms. The fraction of sp³-hybridized carbons (Fsp3) is 0.562. The third-order valence-electron chi connectivity index (χ3n) is 4.24. The van der Waals surface area contributed by atoms with Crippen molar-refractivity contribution in [3.8, 4) is 0 Å². The Hall–Kier alpha value is -2.15. The lowest BCUT2D eigenvalue weighted by molar-refractivity contribution is -0.384. The van der Waals surface area contributed by atoms with E-state index >= 15 is 0 Å². The number of nitrogens with zero attached hydrogens (tertiary/aromatic N) is 3. The smallest absolute Gasteiger partial charge is 0.269 e. The van der Waals surface area contributed by atoms with Crippen molar-refractivity contribution in [2.45, 2.75) is 12.8 Å². The van der Waals surface area contributed by atoms with Gasteiger partial charge in [0.05, 0.1) is 11.5 Å². The lowest BCUT2D eigenvalue weighted by Gasteiger charge is -2.32. The third kappa shape index (κ3) is 5.21. The molecule has 7 nitrogen and oxygen atoms in total. The van der Waals surface area contributed by atoms with Gasteiger partial charge in [0.2, 0.25) is 5.91 Å². The molecule has 1 saturated heterocycles. The molecule has 1 aromatic carbocycles. The number of non-ortho nitro benzene ring substituents is 1. The molecule has 1 aliphatic heterocycles. The first-order valence-corrected chi connectivity index (χ1v) is 7.86. The highest BCUT2D eigenvalue weighted by molar-refractivity contribution is 5.77. The Morgan fingerprint density at radius 3 is 2.43 bits per heavy atom. The summed E-state index contributed by atoms with van der Waals surface area (Å²) in [6, 6.07) is 6.50. The molecule has 0 saturated carbocycles. The van der Waals surface area contributed by atoms with Crippen LogP contribution in [0.25, 0.3) is 0 Å². The highest BCUT2D eigenvalue weighted by atomic mass is 16.6. The Morgan fingerprint density at radius 1 is 1.30 bits per heavy atom. The lowest BCUT2D eigenvalue weighted by Crippen LogP contribution is -2.42. The molecule has 1 fully saturated rings. The van der Waals surface area contributed by atoms with E-state index in [1.807, 2.05) is 0 Å². The number of amides is 1. The molecule has 1 aromatic rings. The van der Waals surface area contributed by atoms with Crippen molar-refractivity contribution in [3.63, 3.8) is 0 Å². The van der Waals surface area contributed by atoms with Crippen LogP contribution in [0.1, 0.15) is 12.8 Å². The highest BCUT2D eigenvalue weighted by Gasteiger charge is 2.21. The average Bonchev–Trinajstić information content (AvgIpc) is 2.54. The Kier molecular flexibility index (Phi) is 5.92. The second-order valence-electron chi connectivity index (χ2n) is 6.19. The molecule has 1 amide bonds. The summed E-state index contributed by atoms with van der Waals surface area (Å²) in [5, 5.41) is 14.0. The molecular weight excluding hydrogens is 296 g/mol. The normalized spacial score (nSPS) is 16.1. The van der Waals surface area contributed by atoms with E-state index in [0.29, 0.717) is 12.5 Å². The minimum atomic E-state index is -0.394. The van der Waals surface area contributed by atoms with Gasteiger partial charge in [0.15, 0.2) is 0 Å². The second-order valence-corrected chi connectivity index (χ2v) is 6.19. The van der Waals surface area contributed by atoms with E-state index in [-0.39, 0.29) is 11.6 Å². The molecule has 1 aliphatic rings. The summed E-state index contributed by atoms with van der Waals surface area (Å²) in [5.41, 5.74) is 1.01. The molecule has 0 aromatic heterocycles. The number of carbonyl (C=O) groups is 1. The predicted octanol–water partition coefficient (Wildman–Crippen LogP) is 1.81. The van der Waals surface area contributed by atoms with Crippen molar-refractivity contribution in [1.29, 1.82) is 0 Å². The van der Waals surface area contributed by atoms with Crippen LogP contribution in [0.5, 0.6) is 0 Å². The minimum absolute atomic E-state index is 0.106. The first-order valence-electron chi connectivity index (χ1n) is 7.86. The molecule has 2 rings (SSSR count). The summed E-state index contributed by atoms with van der Waals surface area (Å²) in [7, 11) is 3.56. The first kappa shape index (κ1) is 17.2. The maximum Gasteiger partial charge on any atom is 0.269 e. The van der Waals surface area contributed by atoms with Crippen LogP contribution < -0.4 is 5.32 Å². The lowest BCUT2D eigenvalue weighted by atomic mass is 9.96. The van der Waals surface area contributed by atoms with Gasteiger partial charge in [-0.1, -0.05) is 0 Å². The SMILES string of the molecule is CN(C)C(=O)CN1CCC(CNc2ccc([N+](=O)[O-])cc2)CC1. The van der Waals surface area contributed by atoms with Gasteiger partial charge in [0.25, 0.3) is 5.69 Å². The zero-order valence-corrected chi connectivity index (χ0v) is 13.7. The zero-order chi connectivity index (χ0) is 16.8. The summed E-state index contributed by atoms with van der Waals surface area (Å²) in [5.74, 6) is 0.711. The number of piperidine rings is 1. The molecule has 126 valence electrons. The molecule has 7 heteroatoms. The number of nitro benzene ring substituents is 1. The summed E-state index contributed by atoms with van der Waals surface area (Å²) >= 11 is 0. The molecule has 0 radical (unpaired) electrons. The van der Waals surface area contributed by atoms with Crippen molar-refractivity contribution < 1.29 is 9.72 Å². The number of nitrogens with one attached hydrogen (secondary N) is 1. The number of hydrogen-bond donors (Lipinski definition) is 1. The van der Waals surface area contributed by atoms with Crippen LogP contribution in [0.3, 0.4) is 0 Å². The Morgan fingerprint density at radius 2 is 1.91 bits per heavy atom. The number of hydrogen-bond acceptors (Lipinski definition) is 5. The summed E-state index contributed by atoms with van der Waals surface area (Å²) in [6.07, 6.45) is 2.11. The van der Waals surface area contributed by atoms with Gasteiger partial charge in [-0.05, 0) is 44.0 Å². The fourth-order valence-corrected chi connectivity index (χ4v) is 2.64. The van der Waals surface area contributed by atoms with Gasteiger partial charge in [0, 0.05) is 38.5 Å². The molecule has 0 unspecified atom stereocenters. The molecule has 0 spiro atoms. The quantitative estimate of drug-likeness (QED) is 0.639. The third-order valence-corrected chi connectivity index (χ3v) is 4.24. The van der Waals surface area contributed by atoms with Crippen LogP contribution in [-0.2, 0) is 4.79 Å². The molecule has 23 heavy (non-hydrogen) atoms. The van der Waals surface area contributed by atoms with Crippen molar-refractivity contribution in [3.05, 3.63) is 34.4 Å². The van der Waals surface area contributed by atoms with Crippen LogP contribution in [0.2, 0.25) is 0 Å². The van der Waals surface area contributed by atoms with E-state index in [1.165, 1.54) is 12.1 Å². The zero-order valence-electron chi connectivity index (χ0n) is 13.7. The first-order chi connectivity index (χ1) is 11.0. The van der Waals surface area contributed by atoms with Crippen molar-refractivity contribution in [2.75, 3.05) is 45.6 Å². The number of likely N-dealkylation sites (tertiary alicyclic amines) is 1. The van der Waals surface area contributed by atoms with Crippen LogP contribution in [0, 0.1) is 16.0 Å². The maximum atomic E-state index is 11.7. The van der Waals surface area contributed by atoms with Crippen LogP contribution in [0.4, 0.5) is 11.4 Å². The van der Waals surface area contributed by atoms with Crippen LogP contribution >= 0.6 is 0 Å². The van der Waals surface area contributed by atoms with Gasteiger partial charge in [-0.3, -0.25) is 19.8 Å².